The molecule has 5 nitrogen and oxygen atoms in total. The lowest BCUT2D eigenvalue weighted by Gasteiger charge is -2.40. The molecule has 2 N–H and O–H groups in total. The quantitative estimate of drug-likeness (QED) is 0.709. The van der Waals surface area contributed by atoms with Crippen LogP contribution >= 0.6 is 0 Å². The fraction of sp³-hybridized carbons (Fsp3) is 0.750. The Kier molecular flexibility index (Phi) is 5.44. The SMILES string of the molecule is C=CCOC(=O)N1CC(C(C)C)NCC1CO. The van der Waals surface area contributed by atoms with Gasteiger partial charge in [-0.25, -0.2) is 4.79 Å². The first-order chi connectivity index (χ1) is 8.10. The second kappa shape index (κ2) is 6.61. The third-order valence-electron chi connectivity index (χ3n) is 3.02. The van der Waals surface area contributed by atoms with Gasteiger partial charge in [0.25, 0.3) is 0 Å². The average molecular weight is 242 g/mol. The van der Waals surface area contributed by atoms with Crippen molar-refractivity contribution in [1.82, 2.24) is 10.2 Å². The van der Waals surface area contributed by atoms with Gasteiger partial charge in [-0.1, -0.05) is 26.5 Å². The highest BCUT2D eigenvalue weighted by Crippen LogP contribution is 2.13. The molecule has 17 heavy (non-hydrogen) atoms. The Morgan fingerprint density at radius 2 is 2.41 bits per heavy atom. The van der Waals surface area contributed by atoms with Crippen LogP contribution in [-0.4, -0.2) is 54.5 Å². The summed E-state index contributed by atoms with van der Waals surface area (Å²) < 4.78 is 5.02. The van der Waals surface area contributed by atoms with Crippen LogP contribution in [0.5, 0.6) is 0 Å². The molecule has 1 aliphatic heterocycles. The van der Waals surface area contributed by atoms with E-state index in [-0.39, 0.29) is 31.4 Å². The average Bonchev–Trinajstić information content (AvgIpc) is 2.34. The lowest BCUT2D eigenvalue weighted by atomic mass is 10.00. The van der Waals surface area contributed by atoms with Gasteiger partial charge in [-0.2, -0.15) is 0 Å². The molecule has 0 aromatic heterocycles. The van der Waals surface area contributed by atoms with Crippen LogP contribution in [0.15, 0.2) is 12.7 Å². The van der Waals surface area contributed by atoms with Gasteiger partial charge in [0.15, 0.2) is 0 Å². The van der Waals surface area contributed by atoms with Crippen LogP contribution in [0, 0.1) is 5.92 Å². The van der Waals surface area contributed by atoms with Gasteiger partial charge in [0, 0.05) is 19.1 Å². The maximum absolute atomic E-state index is 11.8. The summed E-state index contributed by atoms with van der Waals surface area (Å²) in [5, 5.41) is 12.6. The lowest BCUT2D eigenvalue weighted by Crippen LogP contribution is -2.60. The number of aliphatic hydroxyl groups excluding tert-OH is 1. The first kappa shape index (κ1) is 14.0. The molecule has 0 radical (unpaired) electrons. The van der Waals surface area contributed by atoms with Gasteiger partial charge in [0.1, 0.15) is 6.61 Å². The van der Waals surface area contributed by atoms with Crippen molar-refractivity contribution in [2.24, 2.45) is 5.92 Å². The molecule has 0 bridgehead atoms. The maximum Gasteiger partial charge on any atom is 0.410 e. The molecule has 0 aliphatic carbocycles. The number of piperazine rings is 1. The van der Waals surface area contributed by atoms with Crippen molar-refractivity contribution >= 4 is 6.09 Å². The molecule has 98 valence electrons. The topological polar surface area (TPSA) is 61.8 Å². The fourth-order valence-corrected chi connectivity index (χ4v) is 1.87. The van der Waals surface area contributed by atoms with Crippen molar-refractivity contribution in [3.05, 3.63) is 12.7 Å². The summed E-state index contributed by atoms with van der Waals surface area (Å²) in [7, 11) is 0. The van der Waals surface area contributed by atoms with Crippen molar-refractivity contribution < 1.29 is 14.6 Å². The highest BCUT2D eigenvalue weighted by atomic mass is 16.6. The zero-order valence-electron chi connectivity index (χ0n) is 10.6. The van der Waals surface area contributed by atoms with E-state index in [1.807, 2.05) is 0 Å². The van der Waals surface area contributed by atoms with Gasteiger partial charge < -0.3 is 20.1 Å². The molecule has 1 amide bonds. The van der Waals surface area contributed by atoms with E-state index in [1.54, 1.807) is 4.90 Å². The highest BCUT2D eigenvalue weighted by Gasteiger charge is 2.32. The zero-order chi connectivity index (χ0) is 12.8. The summed E-state index contributed by atoms with van der Waals surface area (Å²) in [6.45, 7) is 9.02. The smallest absolute Gasteiger partial charge is 0.410 e. The molecular formula is C12H22N2O3. The van der Waals surface area contributed by atoms with Crippen molar-refractivity contribution in [1.29, 1.82) is 0 Å². The maximum atomic E-state index is 11.8. The number of amides is 1. The van der Waals surface area contributed by atoms with Crippen molar-refractivity contribution in [2.45, 2.75) is 25.9 Å². The molecule has 0 spiro atoms. The Bertz CT molecular complexity index is 268. The number of ether oxygens (including phenoxy) is 1. The van der Waals surface area contributed by atoms with E-state index in [0.29, 0.717) is 19.0 Å². The number of aliphatic hydroxyl groups is 1. The fourth-order valence-electron chi connectivity index (χ4n) is 1.87. The number of nitrogens with one attached hydrogen (secondary N) is 1. The van der Waals surface area contributed by atoms with Crippen LogP contribution in [-0.2, 0) is 4.74 Å². The second-order valence-electron chi connectivity index (χ2n) is 4.61. The first-order valence-electron chi connectivity index (χ1n) is 5.98. The lowest BCUT2D eigenvalue weighted by molar-refractivity contribution is 0.0486. The molecular weight excluding hydrogens is 220 g/mol. The molecule has 1 fully saturated rings. The van der Waals surface area contributed by atoms with E-state index in [4.69, 9.17) is 4.74 Å². The summed E-state index contributed by atoms with van der Waals surface area (Å²) in [5.74, 6) is 0.435. The van der Waals surface area contributed by atoms with E-state index in [0.717, 1.165) is 0 Å². The molecule has 2 unspecified atom stereocenters. The minimum absolute atomic E-state index is 0.0546. The predicted octanol–water partition coefficient (Wildman–Crippen LogP) is 0.600. The number of nitrogens with zero attached hydrogens (tertiary/aromatic N) is 1. The minimum Gasteiger partial charge on any atom is -0.445 e. The normalized spacial score (nSPS) is 24.8. The molecule has 2 atom stereocenters. The van der Waals surface area contributed by atoms with Gasteiger partial charge in [0.05, 0.1) is 12.6 Å². The van der Waals surface area contributed by atoms with Gasteiger partial charge in [-0.05, 0) is 5.92 Å². The summed E-state index contributed by atoms with van der Waals surface area (Å²) in [6, 6.07) is 0.0383. The van der Waals surface area contributed by atoms with Crippen LogP contribution in [0.1, 0.15) is 13.8 Å². The minimum atomic E-state index is -0.379. The number of rotatable bonds is 4. The highest BCUT2D eigenvalue weighted by molar-refractivity contribution is 5.68. The van der Waals surface area contributed by atoms with Crippen molar-refractivity contribution in [2.75, 3.05) is 26.3 Å². The molecule has 0 saturated carbocycles. The third-order valence-corrected chi connectivity index (χ3v) is 3.02. The van der Waals surface area contributed by atoms with E-state index < -0.39 is 0 Å². The molecule has 1 rings (SSSR count). The largest absolute Gasteiger partial charge is 0.445 e. The third kappa shape index (κ3) is 3.71. The van der Waals surface area contributed by atoms with Gasteiger partial charge in [-0.15, -0.1) is 0 Å². The number of hydrogen-bond acceptors (Lipinski definition) is 4. The monoisotopic (exact) mass is 242 g/mol. The Balaban J connectivity index is 2.62. The Hall–Kier alpha value is -1.07. The summed E-state index contributed by atoms with van der Waals surface area (Å²) in [6.07, 6.45) is 1.16. The molecule has 5 heteroatoms. The van der Waals surface area contributed by atoms with Crippen LogP contribution in [0.3, 0.4) is 0 Å². The Morgan fingerprint density at radius 3 is 2.94 bits per heavy atom. The van der Waals surface area contributed by atoms with Gasteiger partial charge in [-0.3, -0.25) is 0 Å². The second-order valence-corrected chi connectivity index (χ2v) is 4.61. The Labute approximate surface area is 102 Å². The Morgan fingerprint density at radius 1 is 1.71 bits per heavy atom. The van der Waals surface area contributed by atoms with E-state index in [2.05, 4.69) is 25.7 Å². The van der Waals surface area contributed by atoms with E-state index >= 15 is 0 Å². The van der Waals surface area contributed by atoms with Crippen molar-refractivity contribution in [3.8, 4) is 0 Å². The summed E-state index contributed by atoms with van der Waals surface area (Å²) in [4.78, 5) is 13.4. The standard InChI is InChI=1S/C12H22N2O3/c1-4-5-17-12(16)14-7-11(9(2)3)13-6-10(14)8-15/h4,9-11,13,15H,1,5-8H2,2-3H3. The molecule has 1 aliphatic rings. The summed E-state index contributed by atoms with van der Waals surface area (Å²) >= 11 is 0. The molecule has 1 heterocycles. The number of carbonyl (C=O) groups excluding carboxylic acids is 1. The van der Waals surface area contributed by atoms with Crippen LogP contribution in [0.25, 0.3) is 0 Å². The molecule has 1 saturated heterocycles. The number of hydrogen-bond donors (Lipinski definition) is 2. The van der Waals surface area contributed by atoms with Crippen molar-refractivity contribution in [3.63, 3.8) is 0 Å². The van der Waals surface area contributed by atoms with Gasteiger partial charge >= 0.3 is 6.09 Å². The van der Waals surface area contributed by atoms with E-state index in [1.165, 1.54) is 6.08 Å². The first-order valence-corrected chi connectivity index (χ1v) is 5.98. The van der Waals surface area contributed by atoms with Gasteiger partial charge in [0.2, 0.25) is 0 Å². The van der Waals surface area contributed by atoms with Crippen LogP contribution in [0.4, 0.5) is 4.79 Å². The van der Waals surface area contributed by atoms with Crippen LogP contribution in [0.2, 0.25) is 0 Å². The molecule has 0 aromatic rings. The number of carbonyl (C=O) groups is 1. The van der Waals surface area contributed by atoms with E-state index in [9.17, 15) is 9.90 Å². The predicted molar refractivity (Wildman–Crippen MR) is 65.8 cm³/mol. The summed E-state index contributed by atoms with van der Waals surface area (Å²) in [5.41, 5.74) is 0. The van der Waals surface area contributed by atoms with Crippen LogP contribution < -0.4 is 5.32 Å². The molecule has 0 aromatic carbocycles. The zero-order valence-corrected chi connectivity index (χ0v) is 10.6.